The molecule has 134 valence electrons. The molecule has 0 fully saturated rings. The van der Waals surface area contributed by atoms with E-state index in [1.54, 1.807) is 0 Å². The van der Waals surface area contributed by atoms with Crippen LogP contribution in [0.25, 0.3) is 10.9 Å². The van der Waals surface area contributed by atoms with Crippen molar-refractivity contribution in [3.63, 3.8) is 0 Å². The lowest BCUT2D eigenvalue weighted by Crippen LogP contribution is -2.28. The molecule has 0 saturated heterocycles. The van der Waals surface area contributed by atoms with E-state index < -0.39 is 10.8 Å². The van der Waals surface area contributed by atoms with Crippen molar-refractivity contribution < 1.29 is 4.21 Å². The van der Waals surface area contributed by atoms with Crippen molar-refractivity contribution in [1.82, 2.24) is 14.5 Å². The summed E-state index contributed by atoms with van der Waals surface area (Å²) in [5.41, 5.74) is 7.33. The predicted molar refractivity (Wildman–Crippen MR) is 105 cm³/mol. The maximum absolute atomic E-state index is 13.5. The summed E-state index contributed by atoms with van der Waals surface area (Å²) in [6.07, 6.45) is 2.96. The van der Waals surface area contributed by atoms with Crippen LogP contribution >= 0.6 is 0 Å². The molecule has 0 radical (unpaired) electrons. The molecule has 2 unspecified atom stereocenters. The Balaban J connectivity index is 1.74. The Bertz CT molecular complexity index is 1050. The number of fused-ring (bicyclic) bond motifs is 3. The highest BCUT2D eigenvalue weighted by Gasteiger charge is 2.34. The molecule has 0 aliphatic carbocycles. The average molecular weight is 366 g/mol. The molecular weight excluding hydrogens is 342 g/mol. The zero-order chi connectivity index (χ0) is 18.0. The summed E-state index contributed by atoms with van der Waals surface area (Å²) in [5.74, 6) is 0. The lowest BCUT2D eigenvalue weighted by atomic mass is 10.0. The van der Waals surface area contributed by atoms with Crippen LogP contribution in [0, 0.1) is 13.8 Å². The molecule has 4 nitrogen and oxygen atoms in total. The van der Waals surface area contributed by atoms with Crippen molar-refractivity contribution >= 4 is 21.7 Å². The number of benzene rings is 1. The van der Waals surface area contributed by atoms with E-state index in [4.69, 9.17) is 0 Å². The quantitative estimate of drug-likeness (QED) is 0.662. The molecule has 2 atom stereocenters. The number of rotatable bonds is 1. The van der Waals surface area contributed by atoms with Gasteiger partial charge in [0.1, 0.15) is 0 Å². The Labute approximate surface area is 156 Å². The molecule has 2 aliphatic rings. The molecule has 0 bridgehead atoms. The third kappa shape index (κ3) is 2.30. The Morgan fingerprint density at radius 1 is 1.23 bits per heavy atom. The van der Waals surface area contributed by atoms with Gasteiger partial charge in [0.15, 0.2) is 0 Å². The van der Waals surface area contributed by atoms with Gasteiger partial charge in [-0.3, -0.25) is 9.19 Å². The average Bonchev–Trinajstić information content (AvgIpc) is 2.92. The number of hydrogen-bond donors (Lipinski definition) is 0. The minimum atomic E-state index is -1.06. The summed E-state index contributed by atoms with van der Waals surface area (Å²) in [6, 6.07) is 8.51. The summed E-state index contributed by atoms with van der Waals surface area (Å²) in [4.78, 5) is 7.82. The minimum Gasteiger partial charge on any atom is -0.342 e. The molecule has 0 spiro atoms. The number of aromatic nitrogens is 2. The molecule has 1 aromatic carbocycles. The first-order valence-corrected chi connectivity index (χ1v) is 10.4. The number of hydrogen-bond acceptors (Lipinski definition) is 3. The van der Waals surface area contributed by atoms with Crippen LogP contribution in [0.2, 0.25) is 0 Å². The maximum atomic E-state index is 13.5. The maximum Gasteiger partial charge on any atom is 0.0838 e. The van der Waals surface area contributed by atoms with Crippen molar-refractivity contribution in [2.45, 2.75) is 43.5 Å². The molecule has 0 saturated carbocycles. The standard InChI is InChI=1S/C21H23N3OS/c1-13-8-16-17-11-23(3)7-6-18(17)24-12-20(15-5-4-14(2)22-10-15)26(25)19(9-13)21(16)24/h4-5,8-10,20H,6-7,11-12H2,1-3H3. The smallest absolute Gasteiger partial charge is 0.0838 e. The second-order valence-corrected chi connectivity index (χ2v) is 9.31. The van der Waals surface area contributed by atoms with Crippen LogP contribution in [0.4, 0.5) is 0 Å². The fourth-order valence-corrected chi connectivity index (χ4v) is 6.15. The fraction of sp³-hybridized carbons (Fsp3) is 0.381. The van der Waals surface area contributed by atoms with Crippen LogP contribution in [0.3, 0.4) is 0 Å². The molecule has 2 aliphatic heterocycles. The van der Waals surface area contributed by atoms with Crippen LogP contribution in [-0.4, -0.2) is 32.3 Å². The van der Waals surface area contributed by atoms with E-state index in [0.29, 0.717) is 0 Å². The molecule has 5 heteroatoms. The lowest BCUT2D eigenvalue weighted by Gasteiger charge is -2.28. The Hall–Kier alpha value is -1.98. The summed E-state index contributed by atoms with van der Waals surface area (Å²) >= 11 is 0. The topological polar surface area (TPSA) is 38.1 Å². The Morgan fingerprint density at radius 2 is 2.08 bits per heavy atom. The van der Waals surface area contributed by atoms with Crippen LogP contribution in [0.15, 0.2) is 35.4 Å². The molecule has 0 amide bonds. The monoisotopic (exact) mass is 365 g/mol. The zero-order valence-electron chi connectivity index (χ0n) is 15.5. The van der Waals surface area contributed by atoms with E-state index in [1.165, 1.54) is 27.7 Å². The molecule has 0 N–H and O–H groups in total. The third-order valence-corrected chi connectivity index (χ3v) is 7.46. The zero-order valence-corrected chi connectivity index (χ0v) is 16.3. The first-order chi connectivity index (χ1) is 12.5. The fourth-order valence-electron chi connectivity index (χ4n) is 4.46. The highest BCUT2D eigenvalue weighted by molar-refractivity contribution is 7.85. The van der Waals surface area contributed by atoms with E-state index in [1.807, 2.05) is 19.2 Å². The number of aryl methyl sites for hydroxylation is 2. The van der Waals surface area contributed by atoms with E-state index in [2.05, 4.69) is 46.6 Å². The summed E-state index contributed by atoms with van der Waals surface area (Å²) in [6.45, 7) is 6.94. The third-order valence-electron chi connectivity index (χ3n) is 5.78. The van der Waals surface area contributed by atoms with E-state index in [-0.39, 0.29) is 5.25 Å². The van der Waals surface area contributed by atoms with Gasteiger partial charge < -0.3 is 9.47 Å². The molecule has 5 rings (SSSR count). The summed E-state index contributed by atoms with van der Waals surface area (Å²) in [5, 5.41) is 1.27. The number of likely N-dealkylation sites (N-methyl/N-ethyl adjacent to an activating group) is 1. The predicted octanol–water partition coefficient (Wildman–Crippen LogP) is 3.50. The lowest BCUT2D eigenvalue weighted by molar-refractivity contribution is 0.309. The van der Waals surface area contributed by atoms with E-state index in [9.17, 15) is 4.21 Å². The van der Waals surface area contributed by atoms with Crippen molar-refractivity contribution in [3.05, 3.63) is 58.5 Å². The summed E-state index contributed by atoms with van der Waals surface area (Å²) < 4.78 is 15.9. The van der Waals surface area contributed by atoms with Crippen molar-refractivity contribution in [2.24, 2.45) is 0 Å². The van der Waals surface area contributed by atoms with Crippen LogP contribution in [0.1, 0.15) is 33.3 Å². The van der Waals surface area contributed by atoms with E-state index in [0.717, 1.165) is 42.2 Å². The molecule has 2 aromatic heterocycles. The van der Waals surface area contributed by atoms with Gasteiger partial charge >= 0.3 is 0 Å². The van der Waals surface area contributed by atoms with Gasteiger partial charge in [-0.05, 0) is 55.8 Å². The van der Waals surface area contributed by atoms with Gasteiger partial charge in [-0.1, -0.05) is 6.07 Å². The van der Waals surface area contributed by atoms with Crippen molar-refractivity contribution in [2.75, 3.05) is 13.6 Å². The highest BCUT2D eigenvalue weighted by Crippen LogP contribution is 2.42. The second kappa shape index (κ2) is 5.76. The number of pyridine rings is 1. The minimum absolute atomic E-state index is 0.0308. The van der Waals surface area contributed by atoms with Gasteiger partial charge in [-0.25, -0.2) is 0 Å². The SMILES string of the molecule is Cc1cc2c3c(c1)c1c(n3CC(c3ccc(C)nc3)S2=O)CCN(C)C1. The number of nitrogens with zero attached hydrogens (tertiary/aromatic N) is 3. The van der Waals surface area contributed by atoms with Gasteiger partial charge in [-0.15, -0.1) is 0 Å². The van der Waals surface area contributed by atoms with Crippen LogP contribution in [0.5, 0.6) is 0 Å². The first kappa shape index (κ1) is 16.2. The van der Waals surface area contributed by atoms with Gasteiger partial charge in [0.2, 0.25) is 0 Å². The van der Waals surface area contributed by atoms with Crippen LogP contribution < -0.4 is 0 Å². The largest absolute Gasteiger partial charge is 0.342 e. The Morgan fingerprint density at radius 3 is 2.85 bits per heavy atom. The molecule has 26 heavy (non-hydrogen) atoms. The van der Waals surface area contributed by atoms with Gasteiger partial charge in [0.05, 0.1) is 26.5 Å². The second-order valence-electron chi connectivity index (χ2n) is 7.70. The first-order valence-electron chi connectivity index (χ1n) is 9.19. The molecule has 4 heterocycles. The van der Waals surface area contributed by atoms with Crippen LogP contribution in [-0.2, 0) is 30.3 Å². The molecular formula is C21H23N3OS. The summed E-state index contributed by atoms with van der Waals surface area (Å²) in [7, 11) is 1.13. The Kier molecular flexibility index (Phi) is 3.59. The van der Waals surface area contributed by atoms with Crippen molar-refractivity contribution in [3.8, 4) is 0 Å². The van der Waals surface area contributed by atoms with Gasteiger partial charge in [-0.2, -0.15) is 0 Å². The molecule has 3 aromatic rings. The highest BCUT2D eigenvalue weighted by atomic mass is 32.2. The van der Waals surface area contributed by atoms with Gasteiger partial charge in [0, 0.05) is 49.0 Å². The van der Waals surface area contributed by atoms with E-state index >= 15 is 0 Å². The van der Waals surface area contributed by atoms with Crippen molar-refractivity contribution in [1.29, 1.82) is 0 Å². The normalized spacial score (nSPS) is 22.6. The van der Waals surface area contributed by atoms with Gasteiger partial charge in [0.25, 0.3) is 0 Å².